The van der Waals surface area contributed by atoms with Gasteiger partial charge in [-0.15, -0.1) is 0 Å². The van der Waals surface area contributed by atoms with Crippen LogP contribution in [0.3, 0.4) is 0 Å². The first kappa shape index (κ1) is 11.5. The molecule has 0 amide bonds. The van der Waals surface area contributed by atoms with E-state index in [1.54, 1.807) is 0 Å². The molecular weight excluding hydrogens is 212 g/mol. The van der Waals surface area contributed by atoms with Gasteiger partial charge in [-0.1, -0.05) is 42.2 Å². The Hall–Kier alpha value is -1.98. The van der Waals surface area contributed by atoms with Crippen LogP contribution in [0.1, 0.15) is 12.5 Å². The van der Waals surface area contributed by atoms with Crippen LogP contribution in [0.2, 0.25) is 0 Å². The second-order valence-corrected chi connectivity index (χ2v) is 3.55. The van der Waals surface area contributed by atoms with Gasteiger partial charge >= 0.3 is 0 Å². The number of fused-ring (bicyclic) bond motifs is 1. The predicted molar refractivity (Wildman–Crippen MR) is 69.1 cm³/mol. The maximum Gasteiger partial charge on any atom is 0.135 e. The predicted octanol–water partition coefficient (Wildman–Crippen LogP) is 2.58. The minimum absolute atomic E-state index is 0.144. The number of rotatable bonds is 2. The zero-order valence-corrected chi connectivity index (χ0v) is 9.73. The fraction of sp³-hybridized carbons (Fsp3) is 0.200. The van der Waals surface area contributed by atoms with Gasteiger partial charge in [-0.3, -0.25) is 0 Å². The topological polar surface area (TPSA) is 29.5 Å². The third-order valence-corrected chi connectivity index (χ3v) is 2.48. The molecule has 0 unspecified atom stereocenters. The first-order valence-corrected chi connectivity index (χ1v) is 5.61. The number of hydrogen-bond acceptors (Lipinski definition) is 2. The van der Waals surface area contributed by atoms with Crippen molar-refractivity contribution in [1.82, 2.24) is 0 Å². The molecule has 0 heterocycles. The highest BCUT2D eigenvalue weighted by molar-refractivity contribution is 5.90. The van der Waals surface area contributed by atoms with Crippen LogP contribution in [-0.4, -0.2) is 18.3 Å². The Bertz CT molecular complexity index is 576. The summed E-state index contributed by atoms with van der Waals surface area (Å²) in [6, 6.07) is 12.0. The number of benzene rings is 2. The molecule has 2 rings (SSSR count). The summed E-state index contributed by atoms with van der Waals surface area (Å²) in [6.07, 6.45) is 0. The van der Waals surface area contributed by atoms with Crippen molar-refractivity contribution in [3.63, 3.8) is 0 Å². The summed E-state index contributed by atoms with van der Waals surface area (Å²) in [5.74, 6) is 6.42. The quantitative estimate of drug-likeness (QED) is 0.797. The Labute approximate surface area is 101 Å². The van der Waals surface area contributed by atoms with E-state index in [1.165, 1.54) is 0 Å². The molecule has 2 aromatic carbocycles. The molecule has 0 saturated heterocycles. The van der Waals surface area contributed by atoms with Crippen LogP contribution in [0.5, 0.6) is 5.75 Å². The fourth-order valence-electron chi connectivity index (χ4n) is 1.78. The van der Waals surface area contributed by atoms with Gasteiger partial charge < -0.3 is 9.84 Å². The van der Waals surface area contributed by atoms with E-state index >= 15 is 0 Å². The van der Waals surface area contributed by atoms with E-state index in [0.717, 1.165) is 22.1 Å². The van der Waals surface area contributed by atoms with Crippen LogP contribution in [0.25, 0.3) is 10.8 Å². The Morgan fingerprint density at radius 2 is 2.00 bits per heavy atom. The van der Waals surface area contributed by atoms with Crippen molar-refractivity contribution in [2.75, 3.05) is 13.2 Å². The monoisotopic (exact) mass is 226 g/mol. The average Bonchev–Trinajstić information content (AvgIpc) is 2.37. The van der Waals surface area contributed by atoms with Crippen LogP contribution >= 0.6 is 0 Å². The molecule has 1 N–H and O–H groups in total. The van der Waals surface area contributed by atoms with Crippen molar-refractivity contribution in [2.45, 2.75) is 6.92 Å². The molecule has 86 valence electrons. The van der Waals surface area contributed by atoms with E-state index in [-0.39, 0.29) is 6.61 Å². The second-order valence-electron chi connectivity index (χ2n) is 3.55. The normalized spacial score (nSPS) is 9.76. The molecule has 2 aromatic rings. The van der Waals surface area contributed by atoms with Gasteiger partial charge in [0, 0.05) is 5.39 Å². The maximum atomic E-state index is 8.81. The number of hydrogen-bond donors (Lipinski definition) is 1. The molecule has 0 bridgehead atoms. The number of ether oxygens (including phenoxy) is 1. The molecule has 0 aromatic heterocycles. The first-order chi connectivity index (χ1) is 8.36. The van der Waals surface area contributed by atoms with Gasteiger partial charge in [-0.2, -0.15) is 0 Å². The standard InChI is InChI=1S/C15H14O2/c1-2-17-15-10-9-12-6-3-4-7-13(12)14(15)8-5-11-16/h3-4,6-7,9-10,16H,2,11H2,1H3. The highest BCUT2D eigenvalue weighted by Crippen LogP contribution is 2.27. The summed E-state index contributed by atoms with van der Waals surface area (Å²) < 4.78 is 5.56. The van der Waals surface area contributed by atoms with Crippen LogP contribution in [0, 0.1) is 11.8 Å². The van der Waals surface area contributed by atoms with Gasteiger partial charge in [-0.05, 0) is 18.4 Å². The van der Waals surface area contributed by atoms with Crippen molar-refractivity contribution in [3.05, 3.63) is 42.0 Å². The summed E-state index contributed by atoms with van der Waals surface area (Å²) in [7, 11) is 0. The SMILES string of the molecule is CCOc1ccc2ccccc2c1C#CCO. The number of aliphatic hydroxyl groups is 1. The summed E-state index contributed by atoms with van der Waals surface area (Å²) >= 11 is 0. The lowest BCUT2D eigenvalue weighted by molar-refractivity contribution is 0.339. The van der Waals surface area contributed by atoms with Gasteiger partial charge in [0.05, 0.1) is 12.2 Å². The smallest absolute Gasteiger partial charge is 0.135 e. The molecule has 17 heavy (non-hydrogen) atoms. The molecule has 0 radical (unpaired) electrons. The van der Waals surface area contributed by atoms with Crippen LogP contribution in [0.15, 0.2) is 36.4 Å². The fourth-order valence-corrected chi connectivity index (χ4v) is 1.78. The molecule has 0 aliphatic carbocycles. The minimum atomic E-state index is -0.144. The van der Waals surface area contributed by atoms with Gasteiger partial charge in [0.2, 0.25) is 0 Å². The second kappa shape index (κ2) is 5.38. The molecule has 0 aliphatic heterocycles. The van der Waals surface area contributed by atoms with Gasteiger partial charge in [0.25, 0.3) is 0 Å². The Morgan fingerprint density at radius 3 is 2.76 bits per heavy atom. The molecule has 0 saturated carbocycles. The van der Waals surface area contributed by atoms with Crippen LogP contribution < -0.4 is 4.74 Å². The zero-order chi connectivity index (χ0) is 12.1. The highest BCUT2D eigenvalue weighted by Gasteiger charge is 2.05. The molecule has 0 fully saturated rings. The van der Waals surface area contributed by atoms with Gasteiger partial charge in [0.15, 0.2) is 0 Å². The third kappa shape index (κ3) is 2.41. The largest absolute Gasteiger partial charge is 0.493 e. The van der Waals surface area contributed by atoms with E-state index in [0.29, 0.717) is 6.61 Å². The molecule has 0 atom stereocenters. The van der Waals surface area contributed by atoms with E-state index < -0.39 is 0 Å². The Kier molecular flexibility index (Phi) is 3.64. The van der Waals surface area contributed by atoms with Crippen LogP contribution in [-0.2, 0) is 0 Å². The molecule has 2 nitrogen and oxygen atoms in total. The summed E-state index contributed by atoms with van der Waals surface area (Å²) in [5, 5.41) is 11.0. The van der Waals surface area contributed by atoms with Gasteiger partial charge in [-0.25, -0.2) is 0 Å². The lowest BCUT2D eigenvalue weighted by atomic mass is 10.0. The maximum absolute atomic E-state index is 8.81. The van der Waals surface area contributed by atoms with E-state index in [2.05, 4.69) is 11.8 Å². The zero-order valence-electron chi connectivity index (χ0n) is 9.73. The van der Waals surface area contributed by atoms with Crippen molar-refractivity contribution in [1.29, 1.82) is 0 Å². The summed E-state index contributed by atoms with van der Waals surface area (Å²) in [6.45, 7) is 2.40. The van der Waals surface area contributed by atoms with E-state index in [1.807, 2.05) is 43.3 Å². The molecule has 2 heteroatoms. The van der Waals surface area contributed by atoms with E-state index in [9.17, 15) is 0 Å². The summed E-state index contributed by atoms with van der Waals surface area (Å²) in [5.41, 5.74) is 0.846. The lowest BCUT2D eigenvalue weighted by Gasteiger charge is -2.08. The van der Waals surface area contributed by atoms with Crippen molar-refractivity contribution < 1.29 is 9.84 Å². The molecule has 0 aliphatic rings. The lowest BCUT2D eigenvalue weighted by Crippen LogP contribution is -1.95. The third-order valence-electron chi connectivity index (χ3n) is 2.48. The first-order valence-electron chi connectivity index (χ1n) is 5.61. The van der Waals surface area contributed by atoms with Crippen LogP contribution in [0.4, 0.5) is 0 Å². The molecular formula is C15H14O2. The van der Waals surface area contributed by atoms with Gasteiger partial charge in [0.1, 0.15) is 12.4 Å². The highest BCUT2D eigenvalue weighted by atomic mass is 16.5. The van der Waals surface area contributed by atoms with Crippen molar-refractivity contribution >= 4 is 10.8 Å². The van der Waals surface area contributed by atoms with E-state index in [4.69, 9.17) is 9.84 Å². The Balaban J connectivity index is 2.65. The average molecular weight is 226 g/mol. The molecule has 0 spiro atoms. The van der Waals surface area contributed by atoms with Crippen molar-refractivity contribution in [2.24, 2.45) is 0 Å². The number of aliphatic hydroxyl groups excluding tert-OH is 1. The van der Waals surface area contributed by atoms with Crippen molar-refractivity contribution in [3.8, 4) is 17.6 Å². The minimum Gasteiger partial charge on any atom is -0.493 e. The Morgan fingerprint density at radius 1 is 1.18 bits per heavy atom. The summed E-state index contributed by atoms with van der Waals surface area (Å²) in [4.78, 5) is 0.